The average Bonchev–Trinajstić information content (AvgIpc) is 2.77. The molecule has 2 nitrogen and oxygen atoms in total. The van der Waals surface area contributed by atoms with Crippen molar-refractivity contribution in [1.82, 2.24) is 10.6 Å². The van der Waals surface area contributed by atoms with Gasteiger partial charge in [0.25, 0.3) is 0 Å². The smallest absolute Gasteiger partial charge is 0.0214 e. The lowest BCUT2D eigenvalue weighted by Crippen LogP contribution is -2.28. The van der Waals surface area contributed by atoms with E-state index >= 15 is 0 Å². The Bertz CT molecular complexity index is 944. The van der Waals surface area contributed by atoms with Crippen LogP contribution in [0.15, 0.2) is 72.8 Å². The van der Waals surface area contributed by atoms with Gasteiger partial charge in [-0.15, -0.1) is 0 Å². The highest BCUT2D eigenvalue weighted by Crippen LogP contribution is 2.24. The van der Waals surface area contributed by atoms with Gasteiger partial charge in [-0.2, -0.15) is 0 Å². The summed E-state index contributed by atoms with van der Waals surface area (Å²) in [5, 5.41) is 7.31. The Balaban J connectivity index is 1.65. The summed E-state index contributed by atoms with van der Waals surface area (Å²) in [4.78, 5) is 0. The molecule has 3 aromatic carbocycles. The molecule has 0 radical (unpaired) electrons. The Morgan fingerprint density at radius 2 is 1.35 bits per heavy atom. The fraction of sp³-hybridized carbons (Fsp3) is 0.379. The minimum atomic E-state index is 0.406. The largest absolute Gasteiger partial charge is 0.310 e. The zero-order chi connectivity index (χ0) is 22.2. The Labute approximate surface area is 189 Å². The molecule has 0 saturated heterocycles. The highest BCUT2D eigenvalue weighted by atomic mass is 14.9. The molecule has 2 heteroatoms. The van der Waals surface area contributed by atoms with Crippen molar-refractivity contribution in [2.24, 2.45) is 0 Å². The van der Waals surface area contributed by atoms with Gasteiger partial charge in [-0.1, -0.05) is 100 Å². The van der Waals surface area contributed by atoms with Gasteiger partial charge in [-0.25, -0.2) is 0 Å². The van der Waals surface area contributed by atoms with E-state index in [2.05, 4.69) is 118 Å². The Kier molecular flexibility index (Phi) is 8.45. The van der Waals surface area contributed by atoms with Crippen molar-refractivity contribution in [2.45, 2.75) is 72.1 Å². The number of nitrogens with one attached hydrogen (secondary N) is 2. The van der Waals surface area contributed by atoms with Crippen LogP contribution in [0.4, 0.5) is 0 Å². The summed E-state index contributed by atoms with van der Waals surface area (Å²) in [7, 11) is 0. The van der Waals surface area contributed by atoms with Crippen molar-refractivity contribution >= 4 is 0 Å². The molecular weight excluding hydrogens is 376 g/mol. The third kappa shape index (κ3) is 6.78. The minimum absolute atomic E-state index is 0.406. The number of rotatable bonds is 10. The summed E-state index contributed by atoms with van der Waals surface area (Å²) in [6.07, 6.45) is 1.03. The molecule has 1 unspecified atom stereocenters. The lowest BCUT2D eigenvalue weighted by molar-refractivity contribution is 0.545. The van der Waals surface area contributed by atoms with Gasteiger partial charge in [-0.3, -0.25) is 0 Å². The summed E-state index contributed by atoms with van der Waals surface area (Å²) in [5.41, 5.74) is 8.23. The van der Waals surface area contributed by atoms with Gasteiger partial charge in [-0.05, 0) is 52.6 Å². The molecule has 0 spiro atoms. The van der Waals surface area contributed by atoms with Crippen LogP contribution in [0.3, 0.4) is 0 Å². The van der Waals surface area contributed by atoms with Crippen LogP contribution >= 0.6 is 0 Å². The van der Waals surface area contributed by atoms with Crippen molar-refractivity contribution in [3.05, 3.63) is 95.1 Å². The van der Waals surface area contributed by atoms with Gasteiger partial charge in [0.1, 0.15) is 0 Å². The first-order valence-corrected chi connectivity index (χ1v) is 11.7. The maximum Gasteiger partial charge on any atom is 0.0214 e. The fourth-order valence-corrected chi connectivity index (χ4v) is 4.07. The molecule has 2 N–H and O–H groups in total. The van der Waals surface area contributed by atoms with E-state index in [4.69, 9.17) is 0 Å². The molecule has 1 atom stereocenters. The maximum absolute atomic E-state index is 3.75. The van der Waals surface area contributed by atoms with Gasteiger partial charge in [0.15, 0.2) is 0 Å². The summed E-state index contributed by atoms with van der Waals surface area (Å²) in [6, 6.07) is 27.3. The van der Waals surface area contributed by atoms with E-state index in [0.717, 1.165) is 19.5 Å². The van der Waals surface area contributed by atoms with Gasteiger partial charge >= 0.3 is 0 Å². The highest BCUT2D eigenvalue weighted by molar-refractivity contribution is 5.67. The molecule has 0 amide bonds. The third-order valence-electron chi connectivity index (χ3n) is 5.82. The number of hydrogen-bond acceptors (Lipinski definition) is 2. The normalized spacial score (nSPS) is 12.5. The van der Waals surface area contributed by atoms with Crippen molar-refractivity contribution in [3.8, 4) is 11.1 Å². The van der Waals surface area contributed by atoms with Crippen molar-refractivity contribution in [3.63, 3.8) is 0 Å². The molecule has 3 aromatic rings. The highest BCUT2D eigenvalue weighted by Gasteiger charge is 2.11. The van der Waals surface area contributed by atoms with E-state index in [1.54, 1.807) is 0 Å². The van der Waals surface area contributed by atoms with Crippen LogP contribution in [-0.4, -0.2) is 12.1 Å². The SMILES string of the molecule is CC(C)NCc1ccc(CC(C)NCc2ccccc2-c2ccccc2)cc1C(C)C. The average molecular weight is 415 g/mol. The Morgan fingerprint density at radius 1 is 0.677 bits per heavy atom. The molecule has 0 aliphatic carbocycles. The topological polar surface area (TPSA) is 24.1 Å². The van der Waals surface area contributed by atoms with Gasteiger partial charge in [0.2, 0.25) is 0 Å². The van der Waals surface area contributed by atoms with Gasteiger partial charge in [0.05, 0.1) is 0 Å². The Hall–Kier alpha value is -2.42. The van der Waals surface area contributed by atoms with E-state index in [1.165, 1.54) is 33.4 Å². The molecule has 0 saturated carbocycles. The van der Waals surface area contributed by atoms with Crippen molar-refractivity contribution in [2.75, 3.05) is 0 Å². The molecule has 0 aliphatic heterocycles. The van der Waals surface area contributed by atoms with E-state index in [0.29, 0.717) is 18.0 Å². The summed E-state index contributed by atoms with van der Waals surface area (Å²) in [6.45, 7) is 13.1. The number of hydrogen-bond donors (Lipinski definition) is 2. The first-order valence-electron chi connectivity index (χ1n) is 11.7. The van der Waals surface area contributed by atoms with Crippen LogP contribution in [0.25, 0.3) is 11.1 Å². The van der Waals surface area contributed by atoms with Crippen LogP contribution in [0.1, 0.15) is 62.8 Å². The lowest BCUT2D eigenvalue weighted by Gasteiger charge is -2.19. The van der Waals surface area contributed by atoms with E-state index in [-0.39, 0.29) is 0 Å². The summed E-state index contributed by atoms with van der Waals surface area (Å²) >= 11 is 0. The first kappa shape index (κ1) is 23.2. The maximum atomic E-state index is 3.75. The van der Waals surface area contributed by atoms with Crippen LogP contribution in [0, 0.1) is 0 Å². The monoisotopic (exact) mass is 414 g/mol. The van der Waals surface area contributed by atoms with Crippen molar-refractivity contribution < 1.29 is 0 Å². The standard InChI is InChI=1S/C29H38N2/c1-21(2)29-18-24(15-16-27(29)19-30-22(3)4)17-23(5)31-20-26-13-9-10-14-28(26)25-11-7-6-8-12-25/h6-16,18,21-23,30-31H,17,19-20H2,1-5H3. The second kappa shape index (κ2) is 11.3. The molecule has 0 bridgehead atoms. The van der Waals surface area contributed by atoms with Crippen LogP contribution in [0.5, 0.6) is 0 Å². The predicted octanol–water partition coefficient (Wildman–Crippen LogP) is 6.70. The quantitative estimate of drug-likeness (QED) is 0.386. The molecule has 3 rings (SSSR count). The molecule has 0 aliphatic rings. The van der Waals surface area contributed by atoms with Crippen molar-refractivity contribution in [1.29, 1.82) is 0 Å². The van der Waals surface area contributed by atoms with Crippen LogP contribution in [-0.2, 0) is 19.5 Å². The third-order valence-corrected chi connectivity index (χ3v) is 5.82. The van der Waals surface area contributed by atoms with E-state index in [1.807, 2.05) is 0 Å². The van der Waals surface area contributed by atoms with Gasteiger partial charge in [0, 0.05) is 25.2 Å². The molecule has 0 aromatic heterocycles. The molecule has 164 valence electrons. The number of benzene rings is 3. The van der Waals surface area contributed by atoms with E-state index in [9.17, 15) is 0 Å². The second-order valence-electron chi connectivity index (χ2n) is 9.23. The van der Waals surface area contributed by atoms with Gasteiger partial charge < -0.3 is 10.6 Å². The lowest BCUT2D eigenvalue weighted by atomic mass is 9.93. The molecule has 0 heterocycles. The summed E-state index contributed by atoms with van der Waals surface area (Å²) < 4.78 is 0. The molecule has 31 heavy (non-hydrogen) atoms. The summed E-state index contributed by atoms with van der Waals surface area (Å²) in [5.74, 6) is 0.532. The van der Waals surface area contributed by atoms with Crippen LogP contribution < -0.4 is 10.6 Å². The first-order chi connectivity index (χ1) is 14.9. The fourth-order valence-electron chi connectivity index (χ4n) is 4.07. The predicted molar refractivity (Wildman–Crippen MR) is 134 cm³/mol. The molecular formula is C29H38N2. The van der Waals surface area contributed by atoms with Crippen LogP contribution in [0.2, 0.25) is 0 Å². The Morgan fingerprint density at radius 3 is 2.06 bits per heavy atom. The van der Waals surface area contributed by atoms with E-state index < -0.39 is 0 Å². The molecule has 0 fully saturated rings. The minimum Gasteiger partial charge on any atom is -0.310 e. The zero-order valence-electron chi connectivity index (χ0n) is 19.8. The zero-order valence-corrected chi connectivity index (χ0v) is 19.8. The second-order valence-corrected chi connectivity index (χ2v) is 9.23.